The van der Waals surface area contributed by atoms with Crippen LogP contribution in [0.25, 0.3) is 0 Å². The molecule has 2 heterocycles. The van der Waals surface area contributed by atoms with Gasteiger partial charge in [-0.05, 0) is 11.6 Å². The van der Waals surface area contributed by atoms with E-state index in [0.29, 0.717) is 12.2 Å². The molecule has 0 bridgehead atoms. The molecule has 1 aromatic rings. The summed E-state index contributed by atoms with van der Waals surface area (Å²) in [7, 11) is 0. The van der Waals surface area contributed by atoms with Crippen molar-refractivity contribution in [2.75, 3.05) is 13.1 Å². The second-order valence-corrected chi connectivity index (χ2v) is 4.10. The van der Waals surface area contributed by atoms with E-state index < -0.39 is 12.2 Å². The van der Waals surface area contributed by atoms with Gasteiger partial charge in [-0.1, -0.05) is 6.07 Å². The van der Waals surface area contributed by atoms with Gasteiger partial charge in [0.2, 0.25) is 0 Å². The van der Waals surface area contributed by atoms with Crippen molar-refractivity contribution in [2.45, 2.75) is 18.8 Å². The molecule has 0 saturated carbocycles. The summed E-state index contributed by atoms with van der Waals surface area (Å²) in [5.74, 6) is -0.288. The first-order chi connectivity index (χ1) is 8.11. The zero-order chi connectivity index (χ0) is 12.4. The second-order valence-electron chi connectivity index (χ2n) is 4.10. The maximum atomic E-state index is 11.9. The Morgan fingerprint density at radius 2 is 2.06 bits per heavy atom. The lowest BCUT2D eigenvalue weighted by atomic mass is 10.2. The van der Waals surface area contributed by atoms with Gasteiger partial charge in [0.25, 0.3) is 5.91 Å². The molecule has 17 heavy (non-hydrogen) atoms. The number of likely N-dealkylation sites (tertiary alicyclic amines) is 1. The first kappa shape index (κ1) is 12.0. The number of hydrogen-bond donors (Lipinski definition) is 3. The van der Waals surface area contributed by atoms with Crippen LogP contribution in [-0.2, 0) is 6.54 Å². The van der Waals surface area contributed by atoms with E-state index in [1.54, 1.807) is 18.3 Å². The van der Waals surface area contributed by atoms with Crippen molar-refractivity contribution in [3.05, 3.63) is 29.6 Å². The van der Waals surface area contributed by atoms with Crippen LogP contribution in [0.1, 0.15) is 16.1 Å². The van der Waals surface area contributed by atoms with Crippen molar-refractivity contribution in [1.29, 1.82) is 0 Å². The molecule has 0 aliphatic carbocycles. The SMILES string of the molecule is NCc1ccc(C(=O)N2CC(O)C(O)C2)nc1. The number of hydrogen-bond acceptors (Lipinski definition) is 5. The Kier molecular flexibility index (Phi) is 3.37. The van der Waals surface area contributed by atoms with Gasteiger partial charge in [-0.2, -0.15) is 0 Å². The van der Waals surface area contributed by atoms with Crippen molar-refractivity contribution in [1.82, 2.24) is 9.88 Å². The Morgan fingerprint density at radius 3 is 2.53 bits per heavy atom. The number of aliphatic hydroxyl groups is 2. The summed E-state index contributed by atoms with van der Waals surface area (Å²) in [6.45, 7) is 0.656. The first-order valence-electron chi connectivity index (χ1n) is 5.42. The fourth-order valence-electron chi connectivity index (χ4n) is 1.77. The number of β-amino-alcohol motifs (C(OH)–C–C–N with tert-alkyl or cyclic N) is 2. The van der Waals surface area contributed by atoms with E-state index in [2.05, 4.69) is 4.98 Å². The molecule has 1 aliphatic heterocycles. The van der Waals surface area contributed by atoms with Crippen LogP contribution in [0.2, 0.25) is 0 Å². The van der Waals surface area contributed by atoms with E-state index in [1.807, 2.05) is 0 Å². The Hall–Kier alpha value is -1.50. The third-order valence-corrected chi connectivity index (χ3v) is 2.83. The van der Waals surface area contributed by atoms with Gasteiger partial charge in [0.05, 0.1) is 12.2 Å². The molecule has 1 amide bonds. The van der Waals surface area contributed by atoms with Crippen molar-refractivity contribution in [3.63, 3.8) is 0 Å². The predicted molar refractivity (Wildman–Crippen MR) is 60.0 cm³/mol. The molecule has 2 atom stereocenters. The largest absolute Gasteiger partial charge is 0.388 e. The van der Waals surface area contributed by atoms with Gasteiger partial charge in [0, 0.05) is 25.8 Å². The third-order valence-electron chi connectivity index (χ3n) is 2.83. The molecule has 0 aromatic carbocycles. The fraction of sp³-hybridized carbons (Fsp3) is 0.455. The van der Waals surface area contributed by atoms with Crippen molar-refractivity contribution in [3.8, 4) is 0 Å². The fourth-order valence-corrected chi connectivity index (χ4v) is 1.77. The van der Waals surface area contributed by atoms with Gasteiger partial charge >= 0.3 is 0 Å². The average Bonchev–Trinajstić information content (AvgIpc) is 2.69. The summed E-state index contributed by atoms with van der Waals surface area (Å²) >= 11 is 0. The molecular weight excluding hydrogens is 222 g/mol. The number of rotatable bonds is 2. The average molecular weight is 237 g/mol. The van der Waals surface area contributed by atoms with Crippen molar-refractivity contribution >= 4 is 5.91 Å². The zero-order valence-electron chi connectivity index (χ0n) is 9.28. The minimum Gasteiger partial charge on any atom is -0.388 e. The van der Waals surface area contributed by atoms with Crippen LogP contribution in [0.5, 0.6) is 0 Å². The van der Waals surface area contributed by atoms with Gasteiger partial charge < -0.3 is 20.8 Å². The summed E-state index contributed by atoms with van der Waals surface area (Å²) in [6.07, 6.45) is -0.194. The molecule has 1 saturated heterocycles. The van der Waals surface area contributed by atoms with Crippen LogP contribution in [0, 0.1) is 0 Å². The van der Waals surface area contributed by atoms with Crippen LogP contribution in [-0.4, -0.2) is 51.3 Å². The smallest absolute Gasteiger partial charge is 0.272 e. The summed E-state index contributed by atoms with van der Waals surface area (Å²) in [4.78, 5) is 17.3. The number of aliphatic hydroxyl groups excluding tert-OH is 2. The Labute approximate surface area is 98.7 Å². The molecule has 4 N–H and O–H groups in total. The van der Waals surface area contributed by atoms with E-state index in [4.69, 9.17) is 5.73 Å². The molecule has 6 heteroatoms. The number of nitrogens with two attached hydrogens (primary N) is 1. The molecule has 6 nitrogen and oxygen atoms in total. The number of carbonyl (C=O) groups excluding carboxylic acids is 1. The molecule has 1 aliphatic rings. The lowest BCUT2D eigenvalue weighted by molar-refractivity contribution is 0.0572. The molecule has 92 valence electrons. The van der Waals surface area contributed by atoms with E-state index in [0.717, 1.165) is 5.56 Å². The standard InChI is InChI=1S/C11H15N3O3/c12-3-7-1-2-8(13-4-7)11(17)14-5-9(15)10(16)6-14/h1-2,4,9-10,15-16H,3,5-6,12H2. The number of nitrogens with zero attached hydrogens (tertiary/aromatic N) is 2. The summed E-state index contributed by atoms with van der Waals surface area (Å²) in [5, 5.41) is 18.7. The molecule has 2 unspecified atom stereocenters. The maximum Gasteiger partial charge on any atom is 0.272 e. The summed E-state index contributed by atoms with van der Waals surface area (Å²) < 4.78 is 0. The van der Waals surface area contributed by atoms with Crippen LogP contribution in [0.15, 0.2) is 18.3 Å². The quantitative estimate of drug-likeness (QED) is 0.595. The monoisotopic (exact) mass is 237 g/mol. The van der Waals surface area contributed by atoms with E-state index in [1.165, 1.54) is 4.90 Å². The van der Waals surface area contributed by atoms with Crippen LogP contribution < -0.4 is 5.73 Å². The molecule has 0 spiro atoms. The van der Waals surface area contributed by atoms with Crippen LogP contribution in [0.4, 0.5) is 0 Å². The van der Waals surface area contributed by atoms with Gasteiger partial charge in [-0.15, -0.1) is 0 Å². The zero-order valence-corrected chi connectivity index (χ0v) is 9.28. The molecule has 0 radical (unpaired) electrons. The third kappa shape index (κ3) is 2.44. The van der Waals surface area contributed by atoms with Gasteiger partial charge in [0.15, 0.2) is 0 Å². The minimum absolute atomic E-state index is 0.139. The van der Waals surface area contributed by atoms with Crippen LogP contribution in [0.3, 0.4) is 0 Å². The number of carbonyl (C=O) groups is 1. The number of aromatic nitrogens is 1. The minimum atomic E-state index is -0.873. The normalized spacial score (nSPS) is 24.1. The van der Waals surface area contributed by atoms with E-state index in [9.17, 15) is 15.0 Å². The number of pyridine rings is 1. The highest BCUT2D eigenvalue weighted by molar-refractivity contribution is 5.92. The number of amides is 1. The predicted octanol–water partition coefficient (Wildman–Crippen LogP) is -1.28. The topological polar surface area (TPSA) is 99.7 Å². The highest BCUT2D eigenvalue weighted by Crippen LogP contribution is 2.13. The molecule has 2 rings (SSSR count). The summed E-state index contributed by atoms with van der Waals surface area (Å²) in [6, 6.07) is 3.34. The Morgan fingerprint density at radius 1 is 1.41 bits per heavy atom. The van der Waals surface area contributed by atoms with Gasteiger partial charge in [-0.3, -0.25) is 9.78 Å². The van der Waals surface area contributed by atoms with Gasteiger partial charge in [0.1, 0.15) is 5.69 Å². The molecular formula is C11H15N3O3. The summed E-state index contributed by atoms with van der Waals surface area (Å²) in [5.41, 5.74) is 6.58. The molecule has 1 aromatic heterocycles. The van der Waals surface area contributed by atoms with E-state index >= 15 is 0 Å². The van der Waals surface area contributed by atoms with Crippen LogP contribution >= 0.6 is 0 Å². The first-order valence-corrected chi connectivity index (χ1v) is 5.42. The van der Waals surface area contributed by atoms with E-state index in [-0.39, 0.29) is 19.0 Å². The second kappa shape index (κ2) is 4.79. The van der Waals surface area contributed by atoms with Crippen molar-refractivity contribution in [2.24, 2.45) is 5.73 Å². The molecule has 1 fully saturated rings. The maximum absolute atomic E-state index is 11.9. The Balaban J connectivity index is 2.09. The highest BCUT2D eigenvalue weighted by atomic mass is 16.3. The van der Waals surface area contributed by atoms with Crippen molar-refractivity contribution < 1.29 is 15.0 Å². The lowest BCUT2D eigenvalue weighted by Gasteiger charge is -2.14. The Bertz CT molecular complexity index is 397. The highest BCUT2D eigenvalue weighted by Gasteiger charge is 2.33. The van der Waals surface area contributed by atoms with Gasteiger partial charge in [-0.25, -0.2) is 0 Å². The lowest BCUT2D eigenvalue weighted by Crippen LogP contribution is -2.30.